The van der Waals surface area contributed by atoms with Crippen LogP contribution in [0.5, 0.6) is 5.75 Å². The van der Waals surface area contributed by atoms with Gasteiger partial charge in [-0.2, -0.15) is 0 Å². The van der Waals surface area contributed by atoms with Crippen molar-refractivity contribution in [1.82, 2.24) is 5.32 Å². The van der Waals surface area contributed by atoms with Crippen LogP contribution in [0, 0.1) is 5.82 Å². The van der Waals surface area contributed by atoms with Crippen LogP contribution in [0.1, 0.15) is 13.3 Å². The zero-order valence-corrected chi connectivity index (χ0v) is 11.2. The van der Waals surface area contributed by atoms with Crippen molar-refractivity contribution in [3.05, 3.63) is 29.0 Å². The summed E-state index contributed by atoms with van der Waals surface area (Å²) in [6.07, 6.45) is 0.819. The highest BCUT2D eigenvalue weighted by atomic mass is 35.5. The normalized spacial score (nSPS) is 26.8. The summed E-state index contributed by atoms with van der Waals surface area (Å²) in [5.74, 6) is 0.0181. The maximum Gasteiger partial charge on any atom is 0.145 e. The molecule has 0 spiro atoms. The van der Waals surface area contributed by atoms with E-state index in [2.05, 4.69) is 12.2 Å². The summed E-state index contributed by atoms with van der Waals surface area (Å²) in [7, 11) is 1.66. The molecule has 1 aliphatic rings. The Hall–Kier alpha value is -0.840. The SMILES string of the molecule is CCNC1CC(Oc2ccc(Cl)c(F)c2)C1OC. The lowest BCUT2D eigenvalue weighted by atomic mass is 9.85. The Morgan fingerprint density at radius 2 is 2.28 bits per heavy atom. The summed E-state index contributed by atoms with van der Waals surface area (Å²) in [6.45, 7) is 2.95. The number of likely N-dealkylation sites (N-methyl/N-ethyl adjacent to an activating group) is 1. The number of halogens is 2. The van der Waals surface area contributed by atoms with E-state index in [1.807, 2.05) is 0 Å². The molecule has 1 aliphatic carbocycles. The Morgan fingerprint density at radius 1 is 1.50 bits per heavy atom. The molecule has 3 atom stereocenters. The van der Waals surface area contributed by atoms with E-state index in [1.54, 1.807) is 13.2 Å². The van der Waals surface area contributed by atoms with Crippen molar-refractivity contribution in [1.29, 1.82) is 0 Å². The Balaban J connectivity index is 1.96. The monoisotopic (exact) mass is 273 g/mol. The molecule has 18 heavy (non-hydrogen) atoms. The van der Waals surface area contributed by atoms with Gasteiger partial charge in [0.1, 0.15) is 23.8 Å². The minimum absolute atomic E-state index is 0.00342. The van der Waals surface area contributed by atoms with Crippen molar-refractivity contribution in [3.63, 3.8) is 0 Å². The molecule has 0 heterocycles. The number of rotatable bonds is 5. The fourth-order valence-electron chi connectivity index (χ4n) is 2.20. The number of methoxy groups -OCH3 is 1. The van der Waals surface area contributed by atoms with Crippen molar-refractivity contribution < 1.29 is 13.9 Å². The molecule has 1 N–H and O–H groups in total. The predicted molar refractivity (Wildman–Crippen MR) is 68.7 cm³/mol. The number of hydrogen-bond acceptors (Lipinski definition) is 3. The van der Waals surface area contributed by atoms with Gasteiger partial charge in [0, 0.05) is 25.6 Å². The van der Waals surface area contributed by atoms with Gasteiger partial charge in [-0.15, -0.1) is 0 Å². The first-order valence-electron chi connectivity index (χ1n) is 6.03. The largest absolute Gasteiger partial charge is 0.487 e. The molecule has 3 nitrogen and oxygen atoms in total. The van der Waals surface area contributed by atoms with Gasteiger partial charge < -0.3 is 14.8 Å². The molecule has 2 rings (SSSR count). The molecule has 1 aromatic rings. The third-order valence-corrected chi connectivity index (χ3v) is 3.47. The summed E-state index contributed by atoms with van der Waals surface area (Å²) in [5.41, 5.74) is 0. The van der Waals surface area contributed by atoms with E-state index in [-0.39, 0.29) is 17.2 Å². The standard InChI is InChI=1S/C13H17ClFNO2/c1-3-16-11-7-12(13(11)17-2)18-8-4-5-9(14)10(15)6-8/h4-6,11-13,16H,3,7H2,1-2H3. The lowest BCUT2D eigenvalue weighted by Gasteiger charge is -2.43. The van der Waals surface area contributed by atoms with E-state index in [4.69, 9.17) is 21.1 Å². The van der Waals surface area contributed by atoms with Crippen LogP contribution in [0.15, 0.2) is 18.2 Å². The topological polar surface area (TPSA) is 30.5 Å². The third kappa shape index (κ3) is 2.76. The first-order valence-corrected chi connectivity index (χ1v) is 6.41. The summed E-state index contributed by atoms with van der Waals surface area (Å²) < 4.78 is 24.4. The Labute approximate surface area is 111 Å². The van der Waals surface area contributed by atoms with Gasteiger partial charge in [0.15, 0.2) is 0 Å². The zero-order valence-electron chi connectivity index (χ0n) is 10.5. The maximum atomic E-state index is 13.3. The number of hydrogen-bond donors (Lipinski definition) is 1. The Morgan fingerprint density at radius 3 is 2.89 bits per heavy atom. The minimum atomic E-state index is -0.467. The number of benzene rings is 1. The van der Waals surface area contributed by atoms with E-state index >= 15 is 0 Å². The molecule has 0 amide bonds. The second-order valence-electron chi connectivity index (χ2n) is 4.33. The van der Waals surface area contributed by atoms with Gasteiger partial charge in [-0.1, -0.05) is 18.5 Å². The van der Waals surface area contributed by atoms with Crippen molar-refractivity contribution in [3.8, 4) is 5.75 Å². The van der Waals surface area contributed by atoms with Crippen LogP contribution in [-0.4, -0.2) is 31.9 Å². The minimum Gasteiger partial charge on any atom is -0.487 e. The van der Waals surface area contributed by atoms with Crippen LogP contribution in [0.25, 0.3) is 0 Å². The van der Waals surface area contributed by atoms with Gasteiger partial charge in [-0.3, -0.25) is 0 Å². The molecule has 0 radical (unpaired) electrons. The number of nitrogens with one attached hydrogen (secondary N) is 1. The lowest BCUT2D eigenvalue weighted by Crippen LogP contribution is -2.60. The molecule has 0 aromatic heterocycles. The Kier molecular flexibility index (Phi) is 4.43. The van der Waals surface area contributed by atoms with Crippen LogP contribution in [0.2, 0.25) is 5.02 Å². The lowest BCUT2D eigenvalue weighted by molar-refractivity contribution is -0.0884. The average Bonchev–Trinajstić information content (AvgIpc) is 2.32. The van der Waals surface area contributed by atoms with Crippen LogP contribution < -0.4 is 10.1 Å². The van der Waals surface area contributed by atoms with Crippen molar-refractivity contribution >= 4 is 11.6 Å². The average molecular weight is 274 g/mol. The predicted octanol–water partition coefficient (Wildman–Crippen LogP) is 2.62. The van der Waals surface area contributed by atoms with Crippen LogP contribution >= 0.6 is 11.6 Å². The number of ether oxygens (including phenoxy) is 2. The summed E-state index contributed by atoms with van der Waals surface area (Å²) in [6, 6.07) is 4.77. The molecule has 1 aromatic carbocycles. The van der Waals surface area contributed by atoms with Crippen molar-refractivity contribution in [2.24, 2.45) is 0 Å². The van der Waals surface area contributed by atoms with E-state index in [0.29, 0.717) is 11.8 Å². The highest BCUT2D eigenvalue weighted by molar-refractivity contribution is 6.30. The van der Waals surface area contributed by atoms with E-state index in [0.717, 1.165) is 13.0 Å². The molecular weight excluding hydrogens is 257 g/mol. The smallest absolute Gasteiger partial charge is 0.145 e. The Bertz CT molecular complexity index is 416. The van der Waals surface area contributed by atoms with Gasteiger partial charge in [0.25, 0.3) is 0 Å². The molecule has 1 saturated carbocycles. The van der Waals surface area contributed by atoms with E-state index in [9.17, 15) is 4.39 Å². The van der Waals surface area contributed by atoms with E-state index < -0.39 is 5.82 Å². The van der Waals surface area contributed by atoms with Gasteiger partial charge in [-0.05, 0) is 18.7 Å². The maximum absolute atomic E-state index is 13.3. The summed E-state index contributed by atoms with van der Waals surface area (Å²) >= 11 is 5.62. The quantitative estimate of drug-likeness (QED) is 0.895. The van der Waals surface area contributed by atoms with Crippen LogP contribution in [-0.2, 0) is 4.74 Å². The first-order chi connectivity index (χ1) is 8.65. The van der Waals surface area contributed by atoms with Gasteiger partial charge in [0.2, 0.25) is 0 Å². The molecule has 100 valence electrons. The second-order valence-corrected chi connectivity index (χ2v) is 4.74. The fourth-order valence-corrected chi connectivity index (χ4v) is 2.32. The van der Waals surface area contributed by atoms with Gasteiger partial charge in [0.05, 0.1) is 5.02 Å². The summed E-state index contributed by atoms with van der Waals surface area (Å²) in [5, 5.41) is 3.42. The van der Waals surface area contributed by atoms with Gasteiger partial charge >= 0.3 is 0 Å². The highest BCUT2D eigenvalue weighted by Gasteiger charge is 2.42. The summed E-state index contributed by atoms with van der Waals surface area (Å²) in [4.78, 5) is 0. The molecule has 5 heteroatoms. The zero-order chi connectivity index (χ0) is 13.1. The molecule has 0 saturated heterocycles. The van der Waals surface area contributed by atoms with Crippen LogP contribution in [0.3, 0.4) is 0 Å². The van der Waals surface area contributed by atoms with Crippen molar-refractivity contribution in [2.45, 2.75) is 31.6 Å². The third-order valence-electron chi connectivity index (χ3n) is 3.17. The molecule has 0 bridgehead atoms. The molecule has 0 aliphatic heterocycles. The van der Waals surface area contributed by atoms with E-state index in [1.165, 1.54) is 12.1 Å². The van der Waals surface area contributed by atoms with Crippen molar-refractivity contribution in [2.75, 3.05) is 13.7 Å². The molecule has 1 fully saturated rings. The molecular formula is C13H17ClFNO2. The van der Waals surface area contributed by atoms with Gasteiger partial charge in [-0.25, -0.2) is 4.39 Å². The first kappa shape index (κ1) is 13.6. The second kappa shape index (κ2) is 5.87. The molecule has 3 unspecified atom stereocenters. The fraction of sp³-hybridized carbons (Fsp3) is 0.538. The van der Waals surface area contributed by atoms with Crippen LogP contribution in [0.4, 0.5) is 4.39 Å². The highest BCUT2D eigenvalue weighted by Crippen LogP contribution is 2.30.